The number of fused-ring (bicyclic) bond motifs is 2. The third kappa shape index (κ3) is 2.80. The molecule has 1 aromatic heterocycles. The lowest BCUT2D eigenvalue weighted by Gasteiger charge is -2.31. The Labute approximate surface area is 152 Å². The van der Waals surface area contributed by atoms with Gasteiger partial charge in [0.05, 0.1) is 6.10 Å². The summed E-state index contributed by atoms with van der Waals surface area (Å²) in [6.07, 6.45) is 0.809. The maximum absolute atomic E-state index is 12.9. The van der Waals surface area contributed by atoms with Gasteiger partial charge in [0, 0.05) is 28.6 Å². The van der Waals surface area contributed by atoms with Crippen molar-refractivity contribution in [1.82, 2.24) is 0 Å². The molecule has 1 aliphatic rings. The number of rotatable bonds is 2. The first kappa shape index (κ1) is 16.9. The number of hydrogen-bond donors (Lipinski definition) is 2. The fourth-order valence-corrected chi connectivity index (χ4v) is 4.02. The van der Waals surface area contributed by atoms with Crippen LogP contribution >= 0.6 is 0 Å². The molecule has 1 amide bonds. The lowest BCUT2D eigenvalue weighted by molar-refractivity contribution is 0.0910. The zero-order valence-corrected chi connectivity index (χ0v) is 15.3. The highest BCUT2D eigenvalue weighted by molar-refractivity contribution is 6.08. The Kier molecular flexibility index (Phi) is 3.88. The van der Waals surface area contributed by atoms with Crippen LogP contribution in [0.25, 0.3) is 10.8 Å². The van der Waals surface area contributed by atoms with Gasteiger partial charge in [0.15, 0.2) is 5.76 Å². The fraction of sp³-hybridized carbons (Fsp3) is 0.318. The van der Waals surface area contributed by atoms with Crippen LogP contribution in [-0.2, 0) is 6.42 Å². The van der Waals surface area contributed by atoms with Crippen molar-refractivity contribution in [2.45, 2.75) is 39.7 Å². The second kappa shape index (κ2) is 5.99. The van der Waals surface area contributed by atoms with E-state index in [1.165, 1.54) is 0 Å². The molecule has 134 valence electrons. The number of nitrogens with one attached hydrogen (secondary N) is 1. The molecular weight excluding hydrogens is 326 g/mol. The molecule has 0 radical (unpaired) electrons. The van der Waals surface area contributed by atoms with E-state index in [-0.39, 0.29) is 11.3 Å². The van der Waals surface area contributed by atoms with Gasteiger partial charge in [-0.2, -0.15) is 0 Å². The Hall–Kier alpha value is -2.59. The van der Waals surface area contributed by atoms with Gasteiger partial charge in [-0.15, -0.1) is 0 Å². The van der Waals surface area contributed by atoms with Crippen molar-refractivity contribution in [2.75, 3.05) is 5.32 Å². The van der Waals surface area contributed by atoms with Crippen molar-refractivity contribution >= 4 is 22.4 Å². The quantitative estimate of drug-likeness (QED) is 0.684. The van der Waals surface area contributed by atoms with Crippen molar-refractivity contribution in [3.05, 3.63) is 65.1 Å². The maximum Gasteiger partial charge on any atom is 0.291 e. The summed E-state index contributed by atoms with van der Waals surface area (Å²) in [5.41, 5.74) is 2.23. The number of benzene rings is 2. The summed E-state index contributed by atoms with van der Waals surface area (Å²) < 4.78 is 5.92. The number of aliphatic hydroxyl groups excluding tert-OH is 1. The average molecular weight is 349 g/mol. The molecular formula is C22H23NO3. The lowest BCUT2D eigenvalue weighted by Crippen LogP contribution is -2.24. The molecule has 1 aliphatic carbocycles. The highest BCUT2D eigenvalue weighted by atomic mass is 16.4. The van der Waals surface area contributed by atoms with Crippen LogP contribution in [0, 0.1) is 12.3 Å². The summed E-state index contributed by atoms with van der Waals surface area (Å²) >= 11 is 0. The third-order valence-electron chi connectivity index (χ3n) is 5.23. The molecule has 4 nitrogen and oxygen atoms in total. The molecule has 3 aromatic rings. The second-order valence-corrected chi connectivity index (χ2v) is 7.93. The van der Waals surface area contributed by atoms with Gasteiger partial charge in [-0.25, -0.2) is 0 Å². The van der Waals surface area contributed by atoms with Crippen molar-refractivity contribution < 1.29 is 14.3 Å². The Morgan fingerprint density at radius 1 is 1.19 bits per heavy atom. The van der Waals surface area contributed by atoms with E-state index in [9.17, 15) is 9.90 Å². The van der Waals surface area contributed by atoms with Crippen LogP contribution < -0.4 is 5.32 Å². The molecule has 2 aromatic carbocycles. The minimum atomic E-state index is -0.586. The Morgan fingerprint density at radius 3 is 2.73 bits per heavy atom. The van der Waals surface area contributed by atoms with Crippen LogP contribution in [-0.4, -0.2) is 11.0 Å². The van der Waals surface area contributed by atoms with Crippen LogP contribution in [0.1, 0.15) is 53.8 Å². The van der Waals surface area contributed by atoms with Gasteiger partial charge in [0.2, 0.25) is 0 Å². The Bertz CT molecular complexity index is 995. The van der Waals surface area contributed by atoms with E-state index in [1.54, 1.807) is 0 Å². The molecule has 0 bridgehead atoms. The van der Waals surface area contributed by atoms with E-state index in [1.807, 2.05) is 49.4 Å². The predicted molar refractivity (Wildman–Crippen MR) is 102 cm³/mol. The minimum Gasteiger partial charge on any atom is -0.455 e. The number of hydrogen-bond acceptors (Lipinski definition) is 3. The highest BCUT2D eigenvalue weighted by Crippen LogP contribution is 2.44. The molecule has 2 N–H and O–H groups in total. The van der Waals surface area contributed by atoms with E-state index >= 15 is 0 Å². The van der Waals surface area contributed by atoms with Crippen molar-refractivity contribution in [2.24, 2.45) is 5.41 Å². The highest BCUT2D eigenvalue weighted by Gasteiger charge is 2.37. The van der Waals surface area contributed by atoms with Gasteiger partial charge < -0.3 is 14.8 Å². The molecule has 0 saturated carbocycles. The van der Waals surface area contributed by atoms with Crippen LogP contribution in [0.5, 0.6) is 0 Å². The number of carbonyl (C=O) groups is 1. The van der Waals surface area contributed by atoms with Gasteiger partial charge in [0.25, 0.3) is 5.91 Å². The van der Waals surface area contributed by atoms with Gasteiger partial charge in [0.1, 0.15) is 5.76 Å². The van der Waals surface area contributed by atoms with Gasteiger partial charge >= 0.3 is 0 Å². The topological polar surface area (TPSA) is 62.5 Å². The number of amides is 1. The predicted octanol–water partition coefficient (Wildman–Crippen LogP) is 5.00. The average Bonchev–Trinajstić information content (AvgIpc) is 2.90. The Morgan fingerprint density at radius 2 is 1.92 bits per heavy atom. The molecule has 4 rings (SSSR count). The van der Waals surface area contributed by atoms with E-state index in [2.05, 4.69) is 19.2 Å². The first-order valence-electron chi connectivity index (χ1n) is 8.95. The first-order chi connectivity index (χ1) is 12.4. The maximum atomic E-state index is 12.9. The molecule has 1 atom stereocenters. The molecule has 4 heteroatoms. The van der Waals surface area contributed by atoms with E-state index < -0.39 is 6.10 Å². The van der Waals surface area contributed by atoms with Crippen molar-refractivity contribution in [1.29, 1.82) is 0 Å². The largest absolute Gasteiger partial charge is 0.455 e. The molecule has 0 spiro atoms. The summed E-state index contributed by atoms with van der Waals surface area (Å²) in [7, 11) is 0. The second-order valence-electron chi connectivity index (χ2n) is 7.93. The van der Waals surface area contributed by atoms with Gasteiger partial charge in [-0.05, 0) is 30.2 Å². The summed E-state index contributed by atoms with van der Waals surface area (Å²) in [4.78, 5) is 12.9. The fourth-order valence-electron chi connectivity index (χ4n) is 4.02. The Balaban J connectivity index is 1.69. The van der Waals surface area contributed by atoms with Crippen molar-refractivity contribution in [3.63, 3.8) is 0 Å². The van der Waals surface area contributed by atoms with Crippen LogP contribution in [0.4, 0.5) is 5.69 Å². The van der Waals surface area contributed by atoms with Gasteiger partial charge in [-0.1, -0.05) is 50.2 Å². The van der Waals surface area contributed by atoms with Crippen LogP contribution in [0.2, 0.25) is 0 Å². The number of aliphatic hydroxyl groups is 1. The third-order valence-corrected chi connectivity index (χ3v) is 5.23. The number of anilines is 1. The minimum absolute atomic E-state index is 0.0416. The molecule has 26 heavy (non-hydrogen) atoms. The molecule has 0 unspecified atom stereocenters. The summed E-state index contributed by atoms with van der Waals surface area (Å²) in [5.74, 6) is 0.743. The monoisotopic (exact) mass is 349 g/mol. The summed E-state index contributed by atoms with van der Waals surface area (Å²) in [6.45, 7) is 6.06. The summed E-state index contributed by atoms with van der Waals surface area (Å²) in [6, 6.07) is 13.7. The number of carbonyl (C=O) groups excluding carboxylic acids is 1. The van der Waals surface area contributed by atoms with Crippen molar-refractivity contribution in [3.8, 4) is 0 Å². The normalized spacial score (nSPS) is 18.5. The van der Waals surface area contributed by atoms with Crippen LogP contribution in [0.15, 0.2) is 46.9 Å². The molecule has 0 aliphatic heterocycles. The zero-order valence-electron chi connectivity index (χ0n) is 15.3. The van der Waals surface area contributed by atoms with Gasteiger partial charge in [-0.3, -0.25) is 4.79 Å². The first-order valence-corrected chi connectivity index (χ1v) is 8.95. The standard InChI is InChI=1S/C22H23NO3/c1-13-19-17(24)11-22(2,3)12-18(19)26-20(13)21(25)23-16-10-6-8-14-7-4-5-9-15(14)16/h4-10,17,24H,11-12H2,1-3H3,(H,23,25)/t17-/m1/s1. The molecule has 0 fully saturated rings. The van der Waals surface area contributed by atoms with Crippen LogP contribution in [0.3, 0.4) is 0 Å². The van der Waals surface area contributed by atoms with E-state index in [4.69, 9.17) is 4.42 Å². The van der Waals surface area contributed by atoms with E-state index in [0.717, 1.165) is 39.8 Å². The molecule has 0 saturated heterocycles. The summed E-state index contributed by atoms with van der Waals surface area (Å²) in [5, 5.41) is 15.5. The molecule has 1 heterocycles. The SMILES string of the molecule is Cc1c(C(=O)Nc2cccc3ccccc23)oc2c1[C@H](O)CC(C)(C)C2. The lowest BCUT2D eigenvalue weighted by atomic mass is 9.75. The number of furan rings is 1. The zero-order chi connectivity index (χ0) is 18.5. The van der Waals surface area contributed by atoms with E-state index in [0.29, 0.717) is 12.2 Å². The smallest absolute Gasteiger partial charge is 0.291 e.